The first-order valence-corrected chi connectivity index (χ1v) is 5.61. The molecule has 1 aromatic rings. The molecule has 1 nitrogen and oxygen atoms in total. The average molecular weight is 250 g/mol. The summed E-state index contributed by atoms with van der Waals surface area (Å²) in [6, 6.07) is 8.51. The standard InChI is InChI=1S/C12H12BrN/c1-9(14-2)12(7-8-12)10-3-5-11(13)6-4-10/h3-6,9H,7-8H2,1H3. The molecule has 1 unspecified atom stereocenters. The van der Waals surface area contributed by atoms with Crippen LogP contribution in [-0.4, -0.2) is 6.04 Å². The molecule has 0 saturated heterocycles. The minimum Gasteiger partial charge on any atom is -0.313 e. The lowest BCUT2D eigenvalue weighted by molar-refractivity contribution is 0.621. The second-order valence-corrected chi connectivity index (χ2v) is 4.88. The van der Waals surface area contributed by atoms with Crippen LogP contribution in [0.1, 0.15) is 25.3 Å². The van der Waals surface area contributed by atoms with Gasteiger partial charge in [0, 0.05) is 11.4 Å². The van der Waals surface area contributed by atoms with Gasteiger partial charge in [-0.15, -0.1) is 0 Å². The Labute approximate surface area is 93.1 Å². The van der Waals surface area contributed by atoms with Gasteiger partial charge in [-0.3, -0.25) is 0 Å². The quantitative estimate of drug-likeness (QED) is 0.703. The van der Waals surface area contributed by atoms with Crippen LogP contribution >= 0.6 is 15.9 Å². The number of benzene rings is 1. The van der Waals surface area contributed by atoms with Crippen molar-refractivity contribution in [1.82, 2.24) is 0 Å². The van der Waals surface area contributed by atoms with Crippen LogP contribution in [0.4, 0.5) is 0 Å². The molecule has 72 valence electrons. The summed E-state index contributed by atoms with van der Waals surface area (Å²) in [5, 5.41) is 0. The van der Waals surface area contributed by atoms with Gasteiger partial charge in [0.15, 0.2) is 0 Å². The zero-order valence-corrected chi connectivity index (χ0v) is 9.71. The minimum absolute atomic E-state index is 0.115. The first kappa shape index (κ1) is 9.73. The number of halogens is 1. The molecule has 0 heterocycles. The Morgan fingerprint density at radius 2 is 1.93 bits per heavy atom. The molecule has 2 heteroatoms. The molecule has 0 aliphatic heterocycles. The largest absolute Gasteiger partial charge is 0.313 e. The van der Waals surface area contributed by atoms with Crippen molar-refractivity contribution in [3.05, 3.63) is 45.7 Å². The van der Waals surface area contributed by atoms with E-state index in [1.165, 1.54) is 5.56 Å². The molecule has 0 N–H and O–H groups in total. The van der Waals surface area contributed by atoms with Crippen LogP contribution in [0.5, 0.6) is 0 Å². The third kappa shape index (κ3) is 1.46. The fourth-order valence-corrected chi connectivity index (χ4v) is 2.25. The highest BCUT2D eigenvalue weighted by Gasteiger charge is 2.53. The van der Waals surface area contributed by atoms with Crippen molar-refractivity contribution in [3.63, 3.8) is 0 Å². The van der Waals surface area contributed by atoms with Crippen LogP contribution < -0.4 is 0 Å². The van der Waals surface area contributed by atoms with Crippen molar-refractivity contribution in [2.45, 2.75) is 31.2 Å². The number of hydrogen-bond acceptors (Lipinski definition) is 0. The van der Waals surface area contributed by atoms with E-state index in [4.69, 9.17) is 6.57 Å². The van der Waals surface area contributed by atoms with Crippen molar-refractivity contribution >= 4 is 15.9 Å². The lowest BCUT2D eigenvalue weighted by Gasteiger charge is -2.14. The molecule has 1 aliphatic rings. The van der Waals surface area contributed by atoms with Crippen molar-refractivity contribution in [2.75, 3.05) is 0 Å². The van der Waals surface area contributed by atoms with Gasteiger partial charge in [0.2, 0.25) is 6.04 Å². The molecular weight excluding hydrogens is 238 g/mol. The SMILES string of the molecule is [C-]#[N+]C(C)C1(c2ccc(Br)cc2)CC1. The lowest BCUT2D eigenvalue weighted by atomic mass is 9.89. The fraction of sp³-hybridized carbons (Fsp3) is 0.417. The normalized spacial score (nSPS) is 19.8. The molecule has 0 aromatic heterocycles. The third-order valence-corrected chi connectivity index (χ3v) is 3.73. The Morgan fingerprint density at radius 1 is 1.36 bits per heavy atom. The summed E-state index contributed by atoms with van der Waals surface area (Å²) < 4.78 is 1.10. The molecule has 1 aliphatic carbocycles. The van der Waals surface area contributed by atoms with E-state index in [-0.39, 0.29) is 11.5 Å². The predicted molar refractivity (Wildman–Crippen MR) is 61.1 cm³/mol. The molecule has 0 radical (unpaired) electrons. The number of hydrogen-bond donors (Lipinski definition) is 0. The van der Waals surface area contributed by atoms with Crippen molar-refractivity contribution < 1.29 is 0 Å². The van der Waals surface area contributed by atoms with Gasteiger partial charge in [-0.2, -0.15) is 0 Å². The molecule has 2 rings (SSSR count). The zero-order chi connectivity index (χ0) is 10.2. The van der Waals surface area contributed by atoms with E-state index in [1.807, 2.05) is 6.92 Å². The van der Waals surface area contributed by atoms with Crippen molar-refractivity contribution in [2.24, 2.45) is 0 Å². The van der Waals surface area contributed by atoms with E-state index in [0.717, 1.165) is 17.3 Å². The topological polar surface area (TPSA) is 4.36 Å². The highest BCUT2D eigenvalue weighted by molar-refractivity contribution is 9.10. The van der Waals surface area contributed by atoms with Crippen LogP contribution in [0.3, 0.4) is 0 Å². The Morgan fingerprint density at radius 3 is 2.36 bits per heavy atom. The maximum atomic E-state index is 7.11. The van der Waals surface area contributed by atoms with E-state index in [9.17, 15) is 0 Å². The van der Waals surface area contributed by atoms with E-state index in [0.29, 0.717) is 0 Å². The molecule has 1 fully saturated rings. The van der Waals surface area contributed by atoms with E-state index in [1.54, 1.807) is 0 Å². The van der Waals surface area contributed by atoms with E-state index >= 15 is 0 Å². The van der Waals surface area contributed by atoms with Gasteiger partial charge in [0.25, 0.3) is 0 Å². The molecule has 0 bridgehead atoms. The van der Waals surface area contributed by atoms with Crippen LogP contribution in [0, 0.1) is 6.57 Å². The van der Waals surface area contributed by atoms with E-state index < -0.39 is 0 Å². The Balaban J connectivity index is 2.32. The maximum Gasteiger partial charge on any atom is 0.230 e. The zero-order valence-electron chi connectivity index (χ0n) is 8.13. The molecule has 1 atom stereocenters. The fourth-order valence-electron chi connectivity index (χ4n) is 1.99. The third-order valence-electron chi connectivity index (χ3n) is 3.20. The second-order valence-electron chi connectivity index (χ2n) is 3.97. The van der Waals surface area contributed by atoms with Crippen LogP contribution in [-0.2, 0) is 5.41 Å². The van der Waals surface area contributed by atoms with Gasteiger partial charge < -0.3 is 4.85 Å². The predicted octanol–water partition coefficient (Wildman–Crippen LogP) is 3.79. The Hall–Kier alpha value is -0.810. The van der Waals surface area contributed by atoms with Crippen molar-refractivity contribution in [3.8, 4) is 0 Å². The summed E-state index contributed by atoms with van der Waals surface area (Å²) in [5.41, 5.74) is 1.49. The van der Waals surface area contributed by atoms with Gasteiger partial charge in [0.1, 0.15) is 0 Å². The van der Waals surface area contributed by atoms with Gasteiger partial charge in [-0.1, -0.05) is 28.1 Å². The highest BCUT2D eigenvalue weighted by Crippen LogP contribution is 2.52. The van der Waals surface area contributed by atoms with Crippen molar-refractivity contribution in [1.29, 1.82) is 0 Å². The average Bonchev–Trinajstić information content (AvgIpc) is 2.99. The Kier molecular flexibility index (Phi) is 2.36. The summed E-state index contributed by atoms with van der Waals surface area (Å²) >= 11 is 3.43. The summed E-state index contributed by atoms with van der Waals surface area (Å²) in [5.74, 6) is 0. The number of rotatable bonds is 2. The molecule has 1 saturated carbocycles. The maximum absolute atomic E-state index is 7.11. The summed E-state index contributed by atoms with van der Waals surface area (Å²) in [6.07, 6.45) is 2.33. The first-order valence-electron chi connectivity index (χ1n) is 4.82. The number of nitrogens with zero attached hydrogens (tertiary/aromatic N) is 1. The van der Waals surface area contributed by atoms with Crippen LogP contribution in [0.25, 0.3) is 4.85 Å². The Bertz CT molecular complexity index is 370. The van der Waals surface area contributed by atoms with Gasteiger partial charge in [0.05, 0.1) is 5.41 Å². The first-order chi connectivity index (χ1) is 6.69. The lowest BCUT2D eigenvalue weighted by Crippen LogP contribution is -2.19. The second kappa shape index (κ2) is 3.40. The molecule has 0 spiro atoms. The molecule has 14 heavy (non-hydrogen) atoms. The summed E-state index contributed by atoms with van der Waals surface area (Å²) in [6.45, 7) is 9.14. The smallest absolute Gasteiger partial charge is 0.230 e. The van der Waals surface area contributed by atoms with Gasteiger partial charge in [-0.25, -0.2) is 6.57 Å². The minimum atomic E-state index is 0.115. The van der Waals surface area contributed by atoms with Crippen LogP contribution in [0.2, 0.25) is 0 Å². The highest BCUT2D eigenvalue weighted by atomic mass is 79.9. The van der Waals surface area contributed by atoms with Gasteiger partial charge >= 0.3 is 0 Å². The summed E-state index contributed by atoms with van der Waals surface area (Å²) in [7, 11) is 0. The van der Waals surface area contributed by atoms with E-state index in [2.05, 4.69) is 45.0 Å². The molecule has 0 amide bonds. The molecular formula is C12H12BrN. The van der Waals surface area contributed by atoms with Crippen LogP contribution in [0.15, 0.2) is 28.7 Å². The monoisotopic (exact) mass is 249 g/mol. The van der Waals surface area contributed by atoms with Gasteiger partial charge in [-0.05, 0) is 30.5 Å². The molecule has 1 aromatic carbocycles. The summed E-state index contributed by atoms with van der Waals surface area (Å²) in [4.78, 5) is 3.66.